The third-order valence-corrected chi connectivity index (χ3v) is 2.66. The van der Waals surface area contributed by atoms with E-state index in [0.717, 1.165) is 18.1 Å². The van der Waals surface area contributed by atoms with Gasteiger partial charge in [-0.25, -0.2) is 0 Å². The quantitative estimate of drug-likeness (QED) is 0.832. The predicted octanol–water partition coefficient (Wildman–Crippen LogP) is 1.14. The van der Waals surface area contributed by atoms with Crippen LogP contribution in [0.4, 0.5) is 0 Å². The Labute approximate surface area is 105 Å². The monoisotopic (exact) mass is 248 g/mol. The number of carbonyl (C=O) groups excluding carboxylic acids is 1. The first-order chi connectivity index (χ1) is 8.79. The summed E-state index contributed by atoms with van der Waals surface area (Å²) in [4.78, 5) is 11.6. The summed E-state index contributed by atoms with van der Waals surface area (Å²) in [6.07, 6.45) is 4.29. The van der Waals surface area contributed by atoms with Crippen molar-refractivity contribution in [3.8, 4) is 0 Å². The Morgan fingerprint density at radius 2 is 2.44 bits per heavy atom. The highest BCUT2D eigenvalue weighted by molar-refractivity contribution is 5.75. The van der Waals surface area contributed by atoms with Gasteiger partial charge in [0.15, 0.2) is 5.82 Å². The molecule has 1 N–H and O–H groups in total. The minimum Gasteiger partial charge on any atom is -0.469 e. The van der Waals surface area contributed by atoms with E-state index in [2.05, 4.69) is 15.5 Å². The second-order valence-corrected chi connectivity index (χ2v) is 3.89. The molecule has 2 aromatic heterocycles. The first-order valence-electron chi connectivity index (χ1n) is 5.95. The van der Waals surface area contributed by atoms with Crippen LogP contribution >= 0.6 is 0 Å². The number of aryl methyl sites for hydroxylation is 2. The van der Waals surface area contributed by atoms with Gasteiger partial charge < -0.3 is 14.3 Å². The Morgan fingerprint density at radius 3 is 3.17 bits per heavy atom. The van der Waals surface area contributed by atoms with E-state index in [4.69, 9.17) is 4.42 Å². The van der Waals surface area contributed by atoms with E-state index in [9.17, 15) is 4.79 Å². The molecular weight excluding hydrogens is 232 g/mol. The van der Waals surface area contributed by atoms with Crippen LogP contribution < -0.4 is 5.32 Å². The molecule has 0 spiro atoms. The van der Waals surface area contributed by atoms with Gasteiger partial charge in [0, 0.05) is 19.4 Å². The highest BCUT2D eigenvalue weighted by Crippen LogP contribution is 2.03. The number of hydrogen-bond acceptors (Lipinski definition) is 4. The van der Waals surface area contributed by atoms with Gasteiger partial charge in [0.2, 0.25) is 5.91 Å². The molecule has 0 fully saturated rings. The summed E-state index contributed by atoms with van der Waals surface area (Å²) in [5, 5.41) is 10.6. The van der Waals surface area contributed by atoms with Crippen LogP contribution in [0.2, 0.25) is 0 Å². The van der Waals surface area contributed by atoms with E-state index in [-0.39, 0.29) is 5.91 Å². The van der Waals surface area contributed by atoms with Crippen LogP contribution in [-0.2, 0) is 24.3 Å². The van der Waals surface area contributed by atoms with Gasteiger partial charge in [-0.15, -0.1) is 10.2 Å². The molecule has 96 valence electrons. The normalized spacial score (nSPS) is 10.5. The SMILES string of the molecule is CCn1cnnc1CNC(=O)CCc1ccco1. The Kier molecular flexibility index (Phi) is 4.11. The van der Waals surface area contributed by atoms with Crippen LogP contribution in [0.3, 0.4) is 0 Å². The lowest BCUT2D eigenvalue weighted by atomic mass is 10.2. The lowest BCUT2D eigenvalue weighted by molar-refractivity contribution is -0.121. The van der Waals surface area contributed by atoms with E-state index < -0.39 is 0 Å². The number of amides is 1. The standard InChI is InChI=1S/C12H16N4O2/c1-2-16-9-14-15-11(16)8-13-12(17)6-5-10-4-3-7-18-10/h3-4,7,9H,2,5-6,8H2,1H3,(H,13,17). The highest BCUT2D eigenvalue weighted by atomic mass is 16.3. The van der Waals surface area contributed by atoms with Crippen LogP contribution in [0.15, 0.2) is 29.1 Å². The van der Waals surface area contributed by atoms with Crippen molar-refractivity contribution in [2.24, 2.45) is 0 Å². The summed E-state index contributed by atoms with van der Waals surface area (Å²) >= 11 is 0. The zero-order valence-electron chi connectivity index (χ0n) is 10.3. The minimum absolute atomic E-state index is 0.0166. The molecule has 0 radical (unpaired) electrons. The summed E-state index contributed by atoms with van der Waals surface area (Å²) in [7, 11) is 0. The molecule has 0 bridgehead atoms. The summed E-state index contributed by atoms with van der Waals surface area (Å²) in [5.74, 6) is 1.57. The van der Waals surface area contributed by atoms with E-state index in [1.807, 2.05) is 23.6 Å². The summed E-state index contributed by atoms with van der Waals surface area (Å²) in [6, 6.07) is 3.68. The molecule has 1 amide bonds. The lowest BCUT2D eigenvalue weighted by Crippen LogP contribution is -2.24. The molecule has 0 aliphatic rings. The Morgan fingerprint density at radius 1 is 1.56 bits per heavy atom. The van der Waals surface area contributed by atoms with Crippen molar-refractivity contribution in [3.05, 3.63) is 36.3 Å². The fraction of sp³-hybridized carbons (Fsp3) is 0.417. The predicted molar refractivity (Wildman–Crippen MR) is 64.6 cm³/mol. The van der Waals surface area contributed by atoms with Crippen molar-refractivity contribution in [1.29, 1.82) is 0 Å². The van der Waals surface area contributed by atoms with Gasteiger partial charge in [0.1, 0.15) is 12.1 Å². The maximum atomic E-state index is 11.6. The van der Waals surface area contributed by atoms with Gasteiger partial charge >= 0.3 is 0 Å². The maximum absolute atomic E-state index is 11.6. The smallest absolute Gasteiger partial charge is 0.220 e. The molecule has 0 aliphatic heterocycles. The van der Waals surface area contributed by atoms with Crippen molar-refractivity contribution >= 4 is 5.91 Å². The molecule has 0 unspecified atom stereocenters. The van der Waals surface area contributed by atoms with E-state index in [1.165, 1.54) is 0 Å². The largest absolute Gasteiger partial charge is 0.469 e. The molecular formula is C12H16N4O2. The van der Waals surface area contributed by atoms with Crippen molar-refractivity contribution in [2.45, 2.75) is 32.9 Å². The third kappa shape index (κ3) is 3.19. The molecule has 0 atom stereocenters. The third-order valence-electron chi connectivity index (χ3n) is 2.66. The van der Waals surface area contributed by atoms with Crippen molar-refractivity contribution in [1.82, 2.24) is 20.1 Å². The fourth-order valence-corrected chi connectivity index (χ4v) is 1.64. The van der Waals surface area contributed by atoms with Gasteiger partial charge in [-0.05, 0) is 19.1 Å². The number of nitrogens with one attached hydrogen (secondary N) is 1. The van der Waals surface area contributed by atoms with Crippen LogP contribution in [0.1, 0.15) is 24.9 Å². The number of rotatable bonds is 6. The average Bonchev–Trinajstić information content (AvgIpc) is 3.04. The molecule has 6 nitrogen and oxygen atoms in total. The fourth-order valence-electron chi connectivity index (χ4n) is 1.64. The number of nitrogens with zero attached hydrogens (tertiary/aromatic N) is 3. The molecule has 0 saturated carbocycles. The summed E-state index contributed by atoms with van der Waals surface area (Å²) in [5.41, 5.74) is 0. The van der Waals surface area contributed by atoms with Gasteiger partial charge in [-0.3, -0.25) is 4.79 Å². The zero-order chi connectivity index (χ0) is 12.8. The van der Waals surface area contributed by atoms with Crippen molar-refractivity contribution < 1.29 is 9.21 Å². The first kappa shape index (κ1) is 12.3. The van der Waals surface area contributed by atoms with E-state index in [0.29, 0.717) is 19.4 Å². The lowest BCUT2D eigenvalue weighted by Gasteiger charge is -2.05. The second kappa shape index (κ2) is 6.00. The molecule has 0 aromatic carbocycles. The topological polar surface area (TPSA) is 73.0 Å². The van der Waals surface area contributed by atoms with Crippen LogP contribution in [0.25, 0.3) is 0 Å². The average molecular weight is 248 g/mol. The van der Waals surface area contributed by atoms with E-state index in [1.54, 1.807) is 12.6 Å². The highest BCUT2D eigenvalue weighted by Gasteiger charge is 2.06. The molecule has 6 heteroatoms. The van der Waals surface area contributed by atoms with E-state index >= 15 is 0 Å². The Balaban J connectivity index is 1.75. The second-order valence-electron chi connectivity index (χ2n) is 3.89. The van der Waals surface area contributed by atoms with Gasteiger partial charge in [0.25, 0.3) is 0 Å². The Hall–Kier alpha value is -2.11. The van der Waals surface area contributed by atoms with Crippen LogP contribution in [-0.4, -0.2) is 20.7 Å². The van der Waals surface area contributed by atoms with Gasteiger partial charge in [-0.1, -0.05) is 0 Å². The number of furan rings is 1. The Bertz CT molecular complexity index is 490. The zero-order valence-corrected chi connectivity index (χ0v) is 10.3. The molecule has 2 rings (SSSR count). The van der Waals surface area contributed by atoms with Crippen molar-refractivity contribution in [2.75, 3.05) is 0 Å². The molecule has 2 heterocycles. The number of hydrogen-bond donors (Lipinski definition) is 1. The van der Waals surface area contributed by atoms with Crippen molar-refractivity contribution in [3.63, 3.8) is 0 Å². The van der Waals surface area contributed by atoms with Crippen LogP contribution in [0, 0.1) is 0 Å². The minimum atomic E-state index is -0.0166. The molecule has 18 heavy (non-hydrogen) atoms. The first-order valence-corrected chi connectivity index (χ1v) is 5.95. The van der Waals surface area contributed by atoms with Gasteiger partial charge in [0.05, 0.1) is 12.8 Å². The summed E-state index contributed by atoms with van der Waals surface area (Å²) in [6.45, 7) is 3.21. The van der Waals surface area contributed by atoms with Gasteiger partial charge in [-0.2, -0.15) is 0 Å². The molecule has 0 saturated heterocycles. The number of carbonyl (C=O) groups is 1. The van der Waals surface area contributed by atoms with Crippen LogP contribution in [0.5, 0.6) is 0 Å². The maximum Gasteiger partial charge on any atom is 0.220 e. The summed E-state index contributed by atoms with van der Waals surface area (Å²) < 4.78 is 7.06. The molecule has 2 aromatic rings. The molecule has 0 aliphatic carbocycles. The number of aromatic nitrogens is 3.